The molecule has 6 nitrogen and oxygen atoms in total. The van der Waals surface area contributed by atoms with Crippen molar-refractivity contribution in [3.8, 4) is 22.5 Å². The molecule has 0 aliphatic carbocycles. The topological polar surface area (TPSA) is 67.1 Å². The number of benzene rings is 1. The van der Waals surface area contributed by atoms with Crippen LogP contribution in [0.2, 0.25) is 0 Å². The molecule has 0 atom stereocenters. The summed E-state index contributed by atoms with van der Waals surface area (Å²) in [6.07, 6.45) is 2.74. The van der Waals surface area contributed by atoms with Crippen molar-refractivity contribution in [1.29, 1.82) is 0 Å². The minimum absolute atomic E-state index is 0.0786. The van der Waals surface area contributed by atoms with E-state index < -0.39 is 0 Å². The second kappa shape index (κ2) is 7.44. The van der Waals surface area contributed by atoms with Crippen molar-refractivity contribution in [1.82, 2.24) is 19.7 Å². The molecule has 0 saturated carbocycles. The second-order valence-corrected chi connectivity index (χ2v) is 6.06. The standard InChI is InChI=1S/C19H23N5O/c1-4-16-13-18(21-19(20-16)23(2)3)15-7-5-6-14(12-15)17-8-9-24(22-17)10-11-25/h5-9,12-13,25H,4,10-11H2,1-3H3. The van der Waals surface area contributed by atoms with E-state index >= 15 is 0 Å². The van der Waals surface area contributed by atoms with Gasteiger partial charge < -0.3 is 10.0 Å². The van der Waals surface area contributed by atoms with Gasteiger partial charge in [-0.2, -0.15) is 5.10 Å². The lowest BCUT2D eigenvalue weighted by Crippen LogP contribution is -2.14. The Kier molecular flexibility index (Phi) is 5.09. The monoisotopic (exact) mass is 337 g/mol. The molecular weight excluding hydrogens is 314 g/mol. The van der Waals surface area contributed by atoms with Crippen LogP contribution in [0.4, 0.5) is 5.95 Å². The number of aliphatic hydroxyl groups excluding tert-OH is 1. The Morgan fingerprint density at radius 1 is 1.04 bits per heavy atom. The summed E-state index contributed by atoms with van der Waals surface area (Å²) in [7, 11) is 3.89. The van der Waals surface area contributed by atoms with E-state index in [4.69, 9.17) is 5.11 Å². The number of nitrogens with zero attached hydrogens (tertiary/aromatic N) is 5. The highest BCUT2D eigenvalue weighted by molar-refractivity contribution is 5.70. The van der Waals surface area contributed by atoms with Crippen molar-refractivity contribution in [2.45, 2.75) is 19.9 Å². The zero-order valence-corrected chi connectivity index (χ0v) is 14.8. The summed E-state index contributed by atoms with van der Waals surface area (Å²) in [6.45, 7) is 2.67. The molecule has 2 heterocycles. The molecule has 130 valence electrons. The molecule has 0 amide bonds. The SMILES string of the molecule is CCc1cc(-c2cccc(-c3ccn(CCO)n3)c2)nc(N(C)C)n1. The summed E-state index contributed by atoms with van der Waals surface area (Å²) in [5.41, 5.74) is 4.87. The van der Waals surface area contributed by atoms with E-state index in [1.54, 1.807) is 4.68 Å². The van der Waals surface area contributed by atoms with Gasteiger partial charge in [0.05, 0.1) is 24.5 Å². The van der Waals surface area contributed by atoms with Crippen LogP contribution in [-0.4, -0.2) is 45.6 Å². The summed E-state index contributed by atoms with van der Waals surface area (Å²) in [6, 6.07) is 12.2. The molecule has 0 saturated heterocycles. The number of aryl methyl sites for hydroxylation is 1. The molecule has 2 aromatic heterocycles. The van der Waals surface area contributed by atoms with E-state index in [2.05, 4.69) is 34.1 Å². The van der Waals surface area contributed by atoms with Crippen LogP contribution in [0.3, 0.4) is 0 Å². The molecule has 25 heavy (non-hydrogen) atoms. The largest absolute Gasteiger partial charge is 0.394 e. The number of anilines is 1. The van der Waals surface area contributed by atoms with Gasteiger partial charge in [0, 0.05) is 37.1 Å². The highest BCUT2D eigenvalue weighted by atomic mass is 16.3. The van der Waals surface area contributed by atoms with E-state index in [1.165, 1.54) is 0 Å². The van der Waals surface area contributed by atoms with Crippen molar-refractivity contribution in [2.24, 2.45) is 0 Å². The zero-order chi connectivity index (χ0) is 17.8. The van der Waals surface area contributed by atoms with E-state index in [9.17, 15) is 0 Å². The molecule has 0 bridgehead atoms. The Morgan fingerprint density at radius 2 is 1.80 bits per heavy atom. The van der Waals surface area contributed by atoms with E-state index in [1.807, 2.05) is 49.5 Å². The third-order valence-corrected chi connectivity index (χ3v) is 3.95. The minimum atomic E-state index is 0.0786. The molecular formula is C19H23N5O. The van der Waals surface area contributed by atoms with Gasteiger partial charge in [0.1, 0.15) is 0 Å². The Hall–Kier alpha value is -2.73. The molecule has 0 aliphatic heterocycles. The van der Waals surface area contributed by atoms with Crippen LogP contribution < -0.4 is 4.90 Å². The lowest BCUT2D eigenvalue weighted by Gasteiger charge is -2.13. The molecule has 1 aromatic carbocycles. The summed E-state index contributed by atoms with van der Waals surface area (Å²) in [4.78, 5) is 11.2. The maximum atomic E-state index is 9.03. The van der Waals surface area contributed by atoms with Crippen LogP contribution >= 0.6 is 0 Å². The normalized spacial score (nSPS) is 10.9. The Bertz CT molecular complexity index is 857. The first-order chi connectivity index (χ1) is 12.1. The van der Waals surface area contributed by atoms with Crippen LogP contribution in [-0.2, 0) is 13.0 Å². The van der Waals surface area contributed by atoms with Crippen LogP contribution in [0.25, 0.3) is 22.5 Å². The van der Waals surface area contributed by atoms with Gasteiger partial charge in [0.2, 0.25) is 5.95 Å². The van der Waals surface area contributed by atoms with Crippen molar-refractivity contribution in [3.63, 3.8) is 0 Å². The lowest BCUT2D eigenvalue weighted by molar-refractivity contribution is 0.269. The van der Waals surface area contributed by atoms with Crippen LogP contribution in [0.1, 0.15) is 12.6 Å². The number of rotatable bonds is 6. The first kappa shape index (κ1) is 17.1. The third kappa shape index (κ3) is 3.85. The maximum Gasteiger partial charge on any atom is 0.225 e. The van der Waals surface area contributed by atoms with Crippen LogP contribution in [0.5, 0.6) is 0 Å². The highest BCUT2D eigenvalue weighted by Crippen LogP contribution is 2.26. The van der Waals surface area contributed by atoms with Crippen molar-refractivity contribution < 1.29 is 5.11 Å². The fraction of sp³-hybridized carbons (Fsp3) is 0.316. The molecule has 0 radical (unpaired) electrons. The van der Waals surface area contributed by atoms with E-state index in [0.717, 1.165) is 34.6 Å². The molecule has 3 aromatic rings. The number of hydrogen-bond donors (Lipinski definition) is 1. The summed E-state index contributed by atoms with van der Waals surface area (Å²) < 4.78 is 1.74. The van der Waals surface area contributed by atoms with E-state index in [-0.39, 0.29) is 6.61 Å². The van der Waals surface area contributed by atoms with Gasteiger partial charge in [-0.05, 0) is 24.6 Å². The average molecular weight is 337 g/mol. The fourth-order valence-electron chi connectivity index (χ4n) is 2.59. The lowest BCUT2D eigenvalue weighted by atomic mass is 10.1. The quantitative estimate of drug-likeness (QED) is 0.749. The summed E-state index contributed by atoms with van der Waals surface area (Å²) >= 11 is 0. The van der Waals surface area contributed by atoms with E-state index in [0.29, 0.717) is 12.5 Å². The average Bonchev–Trinajstić information content (AvgIpc) is 3.10. The van der Waals surface area contributed by atoms with Crippen LogP contribution in [0.15, 0.2) is 42.6 Å². The summed E-state index contributed by atoms with van der Waals surface area (Å²) in [5, 5.41) is 13.5. The summed E-state index contributed by atoms with van der Waals surface area (Å²) in [5.74, 6) is 0.715. The van der Waals surface area contributed by atoms with Crippen molar-refractivity contribution in [2.75, 3.05) is 25.6 Å². The van der Waals surface area contributed by atoms with Gasteiger partial charge >= 0.3 is 0 Å². The predicted octanol–water partition coefficient (Wildman–Crippen LogP) is 2.63. The van der Waals surface area contributed by atoms with Gasteiger partial charge in [0.15, 0.2) is 0 Å². The van der Waals surface area contributed by atoms with Gasteiger partial charge in [0.25, 0.3) is 0 Å². The Morgan fingerprint density at radius 3 is 2.48 bits per heavy atom. The molecule has 0 aliphatic rings. The van der Waals surface area contributed by atoms with Crippen molar-refractivity contribution in [3.05, 3.63) is 48.3 Å². The molecule has 0 unspecified atom stereocenters. The Balaban J connectivity index is 1.99. The number of aliphatic hydroxyl groups is 1. The second-order valence-electron chi connectivity index (χ2n) is 6.06. The van der Waals surface area contributed by atoms with Crippen LogP contribution in [0, 0.1) is 0 Å². The Labute approximate surface area is 147 Å². The molecule has 6 heteroatoms. The van der Waals surface area contributed by atoms with Gasteiger partial charge in [-0.3, -0.25) is 4.68 Å². The number of hydrogen-bond acceptors (Lipinski definition) is 5. The fourth-order valence-corrected chi connectivity index (χ4v) is 2.59. The molecule has 1 N–H and O–H groups in total. The van der Waals surface area contributed by atoms with Gasteiger partial charge in [-0.25, -0.2) is 9.97 Å². The molecule has 3 rings (SSSR count). The molecule has 0 fully saturated rings. The maximum absolute atomic E-state index is 9.03. The first-order valence-corrected chi connectivity index (χ1v) is 8.41. The molecule has 0 spiro atoms. The smallest absolute Gasteiger partial charge is 0.225 e. The van der Waals surface area contributed by atoms with Gasteiger partial charge in [-0.15, -0.1) is 0 Å². The van der Waals surface area contributed by atoms with Crippen molar-refractivity contribution >= 4 is 5.95 Å². The first-order valence-electron chi connectivity index (χ1n) is 8.41. The minimum Gasteiger partial charge on any atom is -0.394 e. The predicted molar refractivity (Wildman–Crippen MR) is 99.5 cm³/mol. The third-order valence-electron chi connectivity index (χ3n) is 3.95. The number of aromatic nitrogens is 4. The zero-order valence-electron chi connectivity index (χ0n) is 14.8. The van der Waals surface area contributed by atoms with Gasteiger partial charge in [-0.1, -0.05) is 25.1 Å². The highest BCUT2D eigenvalue weighted by Gasteiger charge is 2.09.